The van der Waals surface area contributed by atoms with E-state index in [0.29, 0.717) is 5.69 Å². The van der Waals surface area contributed by atoms with Crippen LogP contribution in [0.5, 0.6) is 5.75 Å². The predicted octanol–water partition coefficient (Wildman–Crippen LogP) is 1.81. The number of phenols is 1. The van der Waals surface area contributed by atoms with Crippen molar-refractivity contribution in [3.63, 3.8) is 0 Å². The lowest BCUT2D eigenvalue weighted by atomic mass is 10.3. The molecule has 0 aliphatic rings. The van der Waals surface area contributed by atoms with Gasteiger partial charge in [0.05, 0.1) is 9.79 Å². The second kappa shape index (κ2) is 4.10. The largest absolute Gasteiger partial charge is 0.508 e. The molecule has 0 spiro atoms. The molecule has 0 unspecified atom stereocenters. The van der Waals surface area contributed by atoms with Gasteiger partial charge in [-0.15, -0.1) is 0 Å². The van der Waals surface area contributed by atoms with Gasteiger partial charge in [0, 0.05) is 5.69 Å². The Morgan fingerprint density at radius 3 is 2.18 bits per heavy atom. The van der Waals surface area contributed by atoms with Crippen molar-refractivity contribution in [2.75, 3.05) is 5.73 Å². The Kier molecular flexibility index (Phi) is 2.77. The fraction of sp³-hybridized carbons (Fsp3) is 0. The van der Waals surface area contributed by atoms with Crippen LogP contribution in [0.4, 0.5) is 5.69 Å². The number of benzene rings is 2. The number of phenolic OH excluding ortho intramolecular Hbond substituents is 1. The van der Waals surface area contributed by atoms with Gasteiger partial charge in [-0.25, -0.2) is 8.42 Å². The molecule has 0 aliphatic heterocycles. The molecule has 0 saturated heterocycles. The molecule has 0 heterocycles. The zero-order chi connectivity index (χ0) is 12.5. The van der Waals surface area contributed by atoms with Gasteiger partial charge in [-0.05, 0) is 42.5 Å². The number of anilines is 1. The molecule has 2 aromatic rings. The first-order chi connectivity index (χ1) is 8.00. The second-order valence-electron chi connectivity index (χ2n) is 3.57. The smallest absolute Gasteiger partial charge is 0.206 e. The fourth-order valence-electron chi connectivity index (χ4n) is 1.43. The maximum atomic E-state index is 12.1. The molecule has 3 N–H and O–H groups in total. The number of aromatic hydroxyl groups is 1. The van der Waals surface area contributed by atoms with Crippen LogP contribution in [0.1, 0.15) is 0 Å². The van der Waals surface area contributed by atoms with Gasteiger partial charge >= 0.3 is 0 Å². The fourth-order valence-corrected chi connectivity index (χ4v) is 2.73. The van der Waals surface area contributed by atoms with E-state index in [9.17, 15) is 13.5 Å². The molecule has 17 heavy (non-hydrogen) atoms. The average molecular weight is 249 g/mol. The van der Waals surface area contributed by atoms with Gasteiger partial charge in [0.2, 0.25) is 9.84 Å². The second-order valence-corrected chi connectivity index (χ2v) is 5.52. The molecular formula is C12H11NO3S. The third-order valence-corrected chi connectivity index (χ3v) is 4.09. The minimum atomic E-state index is -3.59. The van der Waals surface area contributed by atoms with Crippen LogP contribution in [0.25, 0.3) is 0 Å². The Bertz CT molecular complexity index is 633. The number of rotatable bonds is 2. The van der Waals surface area contributed by atoms with Gasteiger partial charge in [-0.3, -0.25) is 0 Å². The van der Waals surface area contributed by atoms with Crippen LogP contribution < -0.4 is 5.73 Å². The van der Waals surface area contributed by atoms with E-state index in [1.807, 2.05) is 0 Å². The predicted molar refractivity (Wildman–Crippen MR) is 64.4 cm³/mol. The van der Waals surface area contributed by atoms with Crippen molar-refractivity contribution in [1.82, 2.24) is 0 Å². The van der Waals surface area contributed by atoms with Gasteiger partial charge in [0.15, 0.2) is 0 Å². The SMILES string of the molecule is Nc1ccc(S(=O)(=O)c2cccc(O)c2)cc1. The van der Waals surface area contributed by atoms with Crippen molar-refractivity contribution in [1.29, 1.82) is 0 Å². The summed E-state index contributed by atoms with van der Waals surface area (Å²) in [7, 11) is -3.59. The Labute approximate surface area is 99.2 Å². The number of hydrogen-bond acceptors (Lipinski definition) is 4. The van der Waals surface area contributed by atoms with Crippen LogP contribution in [-0.2, 0) is 9.84 Å². The highest BCUT2D eigenvalue weighted by atomic mass is 32.2. The van der Waals surface area contributed by atoms with Gasteiger partial charge in [0.1, 0.15) is 5.75 Å². The van der Waals surface area contributed by atoms with Crippen molar-refractivity contribution in [3.8, 4) is 5.75 Å². The summed E-state index contributed by atoms with van der Waals surface area (Å²) in [5, 5.41) is 9.28. The van der Waals surface area contributed by atoms with Gasteiger partial charge in [-0.1, -0.05) is 6.07 Å². The Balaban J connectivity index is 2.54. The Morgan fingerprint density at radius 2 is 1.59 bits per heavy atom. The van der Waals surface area contributed by atoms with Crippen molar-refractivity contribution in [2.24, 2.45) is 0 Å². The molecule has 5 heteroatoms. The normalized spacial score (nSPS) is 11.3. The van der Waals surface area contributed by atoms with E-state index in [0.717, 1.165) is 0 Å². The number of hydrogen-bond donors (Lipinski definition) is 2. The quantitative estimate of drug-likeness (QED) is 0.795. The van der Waals surface area contributed by atoms with Gasteiger partial charge < -0.3 is 10.8 Å². The molecule has 0 atom stereocenters. The first-order valence-corrected chi connectivity index (χ1v) is 6.38. The molecule has 2 rings (SSSR count). The van der Waals surface area contributed by atoms with Crippen LogP contribution in [0.3, 0.4) is 0 Å². The summed E-state index contributed by atoms with van der Waals surface area (Å²) in [6.07, 6.45) is 0. The zero-order valence-electron chi connectivity index (χ0n) is 8.87. The maximum absolute atomic E-state index is 12.1. The monoisotopic (exact) mass is 249 g/mol. The number of nitrogen functional groups attached to an aromatic ring is 1. The van der Waals surface area contributed by atoms with Crippen molar-refractivity contribution < 1.29 is 13.5 Å². The standard InChI is InChI=1S/C12H11NO3S/c13-9-4-6-11(7-5-9)17(15,16)12-3-1-2-10(14)8-12/h1-8,14H,13H2. The molecule has 0 aromatic heterocycles. The molecule has 88 valence electrons. The summed E-state index contributed by atoms with van der Waals surface area (Å²) in [5.41, 5.74) is 6.00. The Hall–Kier alpha value is -2.01. The summed E-state index contributed by atoms with van der Waals surface area (Å²) >= 11 is 0. The first-order valence-electron chi connectivity index (χ1n) is 4.90. The van der Waals surface area contributed by atoms with E-state index in [-0.39, 0.29) is 15.5 Å². The van der Waals surface area contributed by atoms with E-state index >= 15 is 0 Å². The van der Waals surface area contributed by atoms with E-state index in [1.54, 1.807) is 0 Å². The van der Waals surface area contributed by atoms with E-state index in [4.69, 9.17) is 5.73 Å². The summed E-state index contributed by atoms with van der Waals surface area (Å²) in [6.45, 7) is 0. The van der Waals surface area contributed by atoms with E-state index in [2.05, 4.69) is 0 Å². The zero-order valence-corrected chi connectivity index (χ0v) is 9.68. The lowest BCUT2D eigenvalue weighted by Crippen LogP contribution is -2.01. The van der Waals surface area contributed by atoms with Crippen LogP contribution in [0.2, 0.25) is 0 Å². The number of sulfone groups is 1. The lowest BCUT2D eigenvalue weighted by molar-refractivity contribution is 0.473. The average Bonchev–Trinajstić information content (AvgIpc) is 2.29. The van der Waals surface area contributed by atoms with E-state index < -0.39 is 9.84 Å². The highest BCUT2D eigenvalue weighted by Gasteiger charge is 2.17. The molecule has 0 fully saturated rings. The summed E-state index contributed by atoms with van der Waals surface area (Å²) in [5.74, 6) is -0.0819. The lowest BCUT2D eigenvalue weighted by Gasteiger charge is -2.05. The third kappa shape index (κ3) is 2.24. The van der Waals surface area contributed by atoms with Crippen molar-refractivity contribution in [2.45, 2.75) is 9.79 Å². The number of nitrogens with two attached hydrogens (primary N) is 1. The summed E-state index contributed by atoms with van der Waals surface area (Å²) in [6, 6.07) is 11.5. The minimum Gasteiger partial charge on any atom is -0.508 e. The van der Waals surface area contributed by atoms with Crippen LogP contribution in [0.15, 0.2) is 58.3 Å². The molecule has 4 nitrogen and oxygen atoms in total. The van der Waals surface area contributed by atoms with Crippen LogP contribution in [-0.4, -0.2) is 13.5 Å². The third-order valence-electron chi connectivity index (χ3n) is 2.32. The molecule has 0 saturated carbocycles. The Morgan fingerprint density at radius 1 is 0.941 bits per heavy atom. The van der Waals surface area contributed by atoms with Crippen molar-refractivity contribution >= 4 is 15.5 Å². The minimum absolute atomic E-state index is 0.0577. The van der Waals surface area contributed by atoms with Crippen molar-refractivity contribution in [3.05, 3.63) is 48.5 Å². The topological polar surface area (TPSA) is 80.4 Å². The maximum Gasteiger partial charge on any atom is 0.206 e. The molecule has 2 aromatic carbocycles. The molecule has 0 aliphatic carbocycles. The van der Waals surface area contributed by atoms with Gasteiger partial charge in [-0.2, -0.15) is 0 Å². The summed E-state index contributed by atoms with van der Waals surface area (Å²) in [4.78, 5) is 0.208. The van der Waals surface area contributed by atoms with Crippen LogP contribution in [0, 0.1) is 0 Å². The van der Waals surface area contributed by atoms with E-state index in [1.165, 1.54) is 48.5 Å². The molecule has 0 amide bonds. The van der Waals surface area contributed by atoms with Crippen LogP contribution >= 0.6 is 0 Å². The first kappa shape index (κ1) is 11.5. The molecule has 0 radical (unpaired) electrons. The highest BCUT2D eigenvalue weighted by molar-refractivity contribution is 7.91. The molecular weight excluding hydrogens is 238 g/mol. The van der Waals surface area contributed by atoms with Gasteiger partial charge in [0.25, 0.3) is 0 Å². The molecule has 0 bridgehead atoms. The highest BCUT2D eigenvalue weighted by Crippen LogP contribution is 2.24. The summed E-state index contributed by atoms with van der Waals surface area (Å²) < 4.78 is 24.3.